The Labute approximate surface area is 164 Å². The molecule has 0 radical (unpaired) electrons. The zero-order chi connectivity index (χ0) is 19.5. The number of carbonyl (C=O) groups excluding carboxylic acids is 1. The van der Waals surface area contributed by atoms with E-state index < -0.39 is 6.04 Å². The first-order chi connectivity index (χ1) is 13.7. The van der Waals surface area contributed by atoms with E-state index in [0.29, 0.717) is 18.7 Å². The van der Waals surface area contributed by atoms with Crippen molar-refractivity contribution in [1.29, 1.82) is 0 Å². The molecule has 0 fully saturated rings. The topological polar surface area (TPSA) is 52.9 Å². The summed E-state index contributed by atoms with van der Waals surface area (Å²) in [6.07, 6.45) is 0.534. The van der Waals surface area contributed by atoms with Gasteiger partial charge < -0.3 is 10.0 Å². The molecule has 1 unspecified atom stereocenters. The minimum absolute atomic E-state index is 0.0517. The number of phenols is 1. The van der Waals surface area contributed by atoms with Crippen molar-refractivity contribution in [2.24, 2.45) is 4.99 Å². The van der Waals surface area contributed by atoms with Gasteiger partial charge in [0, 0.05) is 30.2 Å². The molecule has 1 atom stereocenters. The normalized spacial score (nSPS) is 16.3. The standard InChI is InChI=1S/C24H22N2O2/c1-2-26-22-16-19(27)13-14-20(22)23(18-11-7-4-8-12-18)25-21(24(26)28)15-17-9-5-3-6-10-17/h3-14,16,21,27H,2,15H2,1H3. The monoisotopic (exact) mass is 370 g/mol. The van der Waals surface area contributed by atoms with Gasteiger partial charge in [0.25, 0.3) is 5.91 Å². The Kier molecular flexibility index (Phi) is 4.94. The van der Waals surface area contributed by atoms with E-state index in [9.17, 15) is 9.90 Å². The highest BCUT2D eigenvalue weighted by Gasteiger charge is 2.31. The predicted octanol–water partition coefficient (Wildman–Crippen LogP) is 4.21. The Balaban J connectivity index is 1.88. The first kappa shape index (κ1) is 18.0. The lowest BCUT2D eigenvalue weighted by molar-refractivity contribution is -0.119. The van der Waals surface area contributed by atoms with Crippen LogP contribution in [0.2, 0.25) is 0 Å². The number of aliphatic imine (C=N–C) groups is 1. The molecule has 3 aromatic carbocycles. The number of nitrogens with zero attached hydrogens (tertiary/aromatic N) is 2. The van der Waals surface area contributed by atoms with Gasteiger partial charge in [0.15, 0.2) is 0 Å². The van der Waals surface area contributed by atoms with Gasteiger partial charge in [-0.2, -0.15) is 0 Å². The van der Waals surface area contributed by atoms with Gasteiger partial charge in [0.2, 0.25) is 0 Å². The lowest BCUT2D eigenvalue weighted by atomic mass is 10.00. The molecule has 1 aliphatic rings. The van der Waals surface area contributed by atoms with Crippen molar-refractivity contribution < 1.29 is 9.90 Å². The van der Waals surface area contributed by atoms with E-state index in [2.05, 4.69) is 0 Å². The lowest BCUT2D eigenvalue weighted by Gasteiger charge is -2.24. The maximum Gasteiger partial charge on any atom is 0.252 e. The van der Waals surface area contributed by atoms with Crippen molar-refractivity contribution in [3.05, 3.63) is 95.6 Å². The zero-order valence-electron chi connectivity index (χ0n) is 15.7. The summed E-state index contributed by atoms with van der Waals surface area (Å²) in [7, 11) is 0. The van der Waals surface area contributed by atoms with Crippen LogP contribution in [0.3, 0.4) is 0 Å². The lowest BCUT2D eigenvalue weighted by Crippen LogP contribution is -2.38. The Morgan fingerprint density at radius 3 is 2.32 bits per heavy atom. The number of anilines is 1. The van der Waals surface area contributed by atoms with Crippen LogP contribution < -0.4 is 4.90 Å². The maximum absolute atomic E-state index is 13.4. The van der Waals surface area contributed by atoms with E-state index >= 15 is 0 Å². The van der Waals surface area contributed by atoms with Gasteiger partial charge in [0.05, 0.1) is 11.4 Å². The summed E-state index contributed by atoms with van der Waals surface area (Å²) in [5.74, 6) is 0.0862. The molecule has 0 saturated heterocycles. The van der Waals surface area contributed by atoms with E-state index in [1.807, 2.05) is 73.7 Å². The molecule has 0 spiro atoms. The van der Waals surface area contributed by atoms with Gasteiger partial charge in [-0.3, -0.25) is 9.79 Å². The Bertz CT molecular complexity index is 1010. The highest BCUT2D eigenvalue weighted by molar-refractivity contribution is 6.20. The quantitative estimate of drug-likeness (QED) is 0.748. The average Bonchev–Trinajstić information content (AvgIpc) is 2.84. The number of amides is 1. The molecule has 0 saturated carbocycles. The highest BCUT2D eigenvalue weighted by Crippen LogP contribution is 2.32. The molecule has 1 N–H and O–H groups in total. The molecule has 4 heteroatoms. The average molecular weight is 370 g/mol. The van der Waals surface area contributed by atoms with Gasteiger partial charge >= 0.3 is 0 Å². The number of rotatable bonds is 4. The van der Waals surface area contributed by atoms with Gasteiger partial charge in [-0.15, -0.1) is 0 Å². The van der Waals surface area contributed by atoms with Crippen LogP contribution in [-0.2, 0) is 11.2 Å². The smallest absolute Gasteiger partial charge is 0.252 e. The third-order valence-corrected chi connectivity index (χ3v) is 5.00. The number of aromatic hydroxyl groups is 1. The summed E-state index contributed by atoms with van der Waals surface area (Å²) in [6, 6.07) is 24.5. The van der Waals surface area contributed by atoms with Gasteiger partial charge in [-0.1, -0.05) is 60.7 Å². The molecule has 28 heavy (non-hydrogen) atoms. The molecule has 4 nitrogen and oxygen atoms in total. The highest BCUT2D eigenvalue weighted by atomic mass is 16.3. The van der Waals surface area contributed by atoms with Crippen molar-refractivity contribution in [2.75, 3.05) is 11.4 Å². The number of likely N-dealkylation sites (N-methyl/N-ethyl adjacent to an activating group) is 1. The van der Waals surface area contributed by atoms with Crippen molar-refractivity contribution >= 4 is 17.3 Å². The molecule has 1 aliphatic heterocycles. The number of benzene rings is 3. The fourth-order valence-electron chi connectivity index (χ4n) is 3.65. The van der Waals surface area contributed by atoms with Gasteiger partial charge in [0.1, 0.15) is 11.8 Å². The summed E-state index contributed by atoms with van der Waals surface area (Å²) in [5.41, 5.74) is 4.36. The molecular weight excluding hydrogens is 348 g/mol. The number of benzodiazepines with no additional fused rings is 1. The summed E-state index contributed by atoms with van der Waals surface area (Å²) in [5, 5.41) is 10.1. The van der Waals surface area contributed by atoms with Crippen LogP contribution in [0.4, 0.5) is 5.69 Å². The number of carbonyl (C=O) groups is 1. The Hall–Kier alpha value is -3.40. The van der Waals surface area contributed by atoms with Crippen molar-refractivity contribution in [3.8, 4) is 5.75 Å². The summed E-state index contributed by atoms with van der Waals surface area (Å²) in [6.45, 7) is 2.46. The number of phenolic OH excluding ortho intramolecular Hbond substituents is 1. The molecule has 1 heterocycles. The summed E-state index contributed by atoms with van der Waals surface area (Å²) < 4.78 is 0. The second-order valence-corrected chi connectivity index (χ2v) is 6.83. The molecule has 0 aromatic heterocycles. The van der Waals surface area contributed by atoms with Crippen LogP contribution in [0.25, 0.3) is 0 Å². The second kappa shape index (κ2) is 7.69. The Morgan fingerprint density at radius 2 is 1.64 bits per heavy atom. The fraction of sp³-hybridized carbons (Fsp3) is 0.167. The Morgan fingerprint density at radius 1 is 0.964 bits per heavy atom. The number of hydrogen-bond acceptors (Lipinski definition) is 3. The molecule has 140 valence electrons. The van der Waals surface area contributed by atoms with E-state index in [4.69, 9.17) is 4.99 Å². The van der Waals surface area contributed by atoms with E-state index in [-0.39, 0.29) is 11.7 Å². The van der Waals surface area contributed by atoms with Crippen molar-refractivity contribution in [3.63, 3.8) is 0 Å². The molecule has 4 rings (SSSR count). The third kappa shape index (κ3) is 3.41. The van der Waals surface area contributed by atoms with E-state index in [1.165, 1.54) is 0 Å². The van der Waals surface area contributed by atoms with Crippen LogP contribution in [0, 0.1) is 0 Å². The van der Waals surface area contributed by atoms with E-state index in [0.717, 1.165) is 22.4 Å². The largest absolute Gasteiger partial charge is 0.508 e. The molecule has 0 aliphatic carbocycles. The van der Waals surface area contributed by atoms with Crippen LogP contribution in [-0.4, -0.2) is 29.3 Å². The number of hydrogen-bond donors (Lipinski definition) is 1. The van der Waals surface area contributed by atoms with E-state index in [1.54, 1.807) is 17.0 Å². The van der Waals surface area contributed by atoms with Crippen molar-refractivity contribution in [1.82, 2.24) is 0 Å². The molecule has 0 bridgehead atoms. The SMILES string of the molecule is CCN1C(=O)C(Cc2ccccc2)N=C(c2ccccc2)c2ccc(O)cc21. The molecule has 3 aromatic rings. The van der Waals surface area contributed by atoms with Gasteiger partial charge in [-0.05, 0) is 24.6 Å². The van der Waals surface area contributed by atoms with Gasteiger partial charge in [-0.25, -0.2) is 0 Å². The fourth-order valence-corrected chi connectivity index (χ4v) is 3.65. The van der Waals surface area contributed by atoms with Crippen LogP contribution in [0.15, 0.2) is 83.9 Å². The first-order valence-electron chi connectivity index (χ1n) is 9.49. The number of fused-ring (bicyclic) bond motifs is 1. The van der Waals surface area contributed by atoms with Crippen molar-refractivity contribution in [2.45, 2.75) is 19.4 Å². The molecule has 1 amide bonds. The van der Waals surface area contributed by atoms with Crippen LogP contribution in [0.5, 0.6) is 5.75 Å². The summed E-state index contributed by atoms with van der Waals surface area (Å²) in [4.78, 5) is 20.0. The third-order valence-electron chi connectivity index (χ3n) is 5.00. The predicted molar refractivity (Wildman–Crippen MR) is 112 cm³/mol. The van der Waals surface area contributed by atoms with Crippen LogP contribution in [0.1, 0.15) is 23.6 Å². The first-order valence-corrected chi connectivity index (χ1v) is 9.49. The maximum atomic E-state index is 13.4. The second-order valence-electron chi connectivity index (χ2n) is 6.83. The van der Waals surface area contributed by atoms with Crippen LogP contribution >= 0.6 is 0 Å². The minimum Gasteiger partial charge on any atom is -0.508 e. The summed E-state index contributed by atoms with van der Waals surface area (Å²) >= 11 is 0. The molecular formula is C24H22N2O2. The zero-order valence-corrected chi connectivity index (χ0v) is 15.7. The minimum atomic E-state index is -0.521.